The second-order valence-corrected chi connectivity index (χ2v) is 10.4. The Bertz CT molecular complexity index is 1230. The van der Waals surface area contributed by atoms with Gasteiger partial charge in [-0.15, -0.1) is 0 Å². The molecule has 3 aromatic carbocycles. The number of nitrogens with zero attached hydrogens (tertiary/aromatic N) is 1. The van der Waals surface area contributed by atoms with E-state index in [1.54, 1.807) is 4.90 Å². The SMILES string of the molecule is CCOc1ccc(CCC(=O)N(Cc2ccccc2C)[C@@H](Cc2ccccc2)C(=O)NCC(C)C)cc1OCC. The third kappa shape index (κ3) is 9.15. The molecule has 0 aliphatic heterocycles. The molecule has 0 spiro atoms. The van der Waals surface area contributed by atoms with Gasteiger partial charge in [0.05, 0.1) is 13.2 Å². The first-order valence-electron chi connectivity index (χ1n) is 14.4. The number of aryl methyl sites for hydroxylation is 2. The molecule has 2 amide bonds. The van der Waals surface area contributed by atoms with Crippen molar-refractivity contribution in [3.05, 3.63) is 95.1 Å². The molecule has 0 radical (unpaired) electrons. The Morgan fingerprint density at radius 2 is 1.52 bits per heavy atom. The van der Waals surface area contributed by atoms with E-state index in [2.05, 4.69) is 19.2 Å². The van der Waals surface area contributed by atoms with Gasteiger partial charge >= 0.3 is 0 Å². The van der Waals surface area contributed by atoms with Crippen LogP contribution in [0.4, 0.5) is 0 Å². The number of carbonyl (C=O) groups excluding carboxylic acids is 2. The molecular weight excluding hydrogens is 500 g/mol. The summed E-state index contributed by atoms with van der Waals surface area (Å²) in [5.41, 5.74) is 4.13. The van der Waals surface area contributed by atoms with Crippen LogP contribution in [0, 0.1) is 12.8 Å². The quantitative estimate of drug-likeness (QED) is 0.250. The van der Waals surface area contributed by atoms with Crippen LogP contribution in [0.3, 0.4) is 0 Å². The highest BCUT2D eigenvalue weighted by Gasteiger charge is 2.30. The maximum atomic E-state index is 14.0. The summed E-state index contributed by atoms with van der Waals surface area (Å²) in [5.74, 6) is 1.50. The molecular formula is C34H44N2O4. The van der Waals surface area contributed by atoms with Crippen LogP contribution in [0.1, 0.15) is 56.4 Å². The van der Waals surface area contributed by atoms with Crippen molar-refractivity contribution < 1.29 is 19.1 Å². The number of rotatable bonds is 15. The number of ether oxygens (including phenoxy) is 2. The van der Waals surface area contributed by atoms with Gasteiger partial charge in [0, 0.05) is 25.9 Å². The van der Waals surface area contributed by atoms with E-state index in [1.807, 2.05) is 93.6 Å². The third-order valence-corrected chi connectivity index (χ3v) is 6.79. The molecule has 1 N–H and O–H groups in total. The summed E-state index contributed by atoms with van der Waals surface area (Å²) in [5, 5.41) is 3.09. The van der Waals surface area contributed by atoms with Crippen LogP contribution in [-0.2, 0) is 29.0 Å². The fourth-order valence-corrected chi connectivity index (χ4v) is 4.59. The summed E-state index contributed by atoms with van der Waals surface area (Å²) in [6.45, 7) is 12.0. The number of hydrogen-bond acceptors (Lipinski definition) is 4. The molecule has 1 atom stereocenters. The Kier molecular flexibility index (Phi) is 12.1. The molecule has 214 valence electrons. The van der Waals surface area contributed by atoms with Crippen LogP contribution in [0.5, 0.6) is 11.5 Å². The molecule has 3 rings (SSSR count). The number of nitrogens with one attached hydrogen (secondary N) is 1. The summed E-state index contributed by atoms with van der Waals surface area (Å²) in [4.78, 5) is 29.4. The van der Waals surface area contributed by atoms with Gasteiger partial charge in [-0.05, 0) is 67.5 Å². The van der Waals surface area contributed by atoms with E-state index in [0.717, 1.165) is 22.3 Å². The van der Waals surface area contributed by atoms with Gasteiger partial charge in [-0.25, -0.2) is 0 Å². The van der Waals surface area contributed by atoms with Gasteiger partial charge in [-0.3, -0.25) is 9.59 Å². The second kappa shape index (κ2) is 15.7. The summed E-state index contributed by atoms with van der Waals surface area (Å²) in [6.07, 6.45) is 1.25. The molecule has 40 heavy (non-hydrogen) atoms. The maximum absolute atomic E-state index is 14.0. The minimum atomic E-state index is -0.632. The summed E-state index contributed by atoms with van der Waals surface area (Å²) >= 11 is 0. The van der Waals surface area contributed by atoms with Crippen molar-refractivity contribution in [1.82, 2.24) is 10.2 Å². The van der Waals surface area contributed by atoms with Crippen molar-refractivity contribution >= 4 is 11.8 Å². The topological polar surface area (TPSA) is 67.9 Å². The zero-order chi connectivity index (χ0) is 28.9. The number of carbonyl (C=O) groups is 2. The molecule has 6 nitrogen and oxygen atoms in total. The first-order valence-corrected chi connectivity index (χ1v) is 14.4. The Hall–Kier alpha value is -3.80. The Morgan fingerprint density at radius 1 is 0.850 bits per heavy atom. The van der Waals surface area contributed by atoms with Crippen LogP contribution < -0.4 is 14.8 Å². The standard InChI is InChI=1S/C34H44N2O4/c1-6-39-31-19-17-28(22-32(31)40-7-2)18-20-33(37)36(24-29-16-12-11-13-26(29)5)30(34(38)35-23-25(3)4)21-27-14-9-8-10-15-27/h8-17,19,22,25,30H,6-7,18,20-21,23-24H2,1-5H3,(H,35,38)/t30-/m0/s1. The van der Waals surface area contributed by atoms with Crippen LogP contribution in [0.15, 0.2) is 72.8 Å². The highest BCUT2D eigenvalue weighted by atomic mass is 16.5. The normalized spacial score (nSPS) is 11.7. The van der Waals surface area contributed by atoms with Crippen molar-refractivity contribution in [1.29, 1.82) is 0 Å². The minimum absolute atomic E-state index is 0.0595. The Balaban J connectivity index is 1.90. The number of amides is 2. The van der Waals surface area contributed by atoms with E-state index in [1.165, 1.54) is 0 Å². The predicted octanol–water partition coefficient (Wildman–Crippen LogP) is 6.14. The molecule has 6 heteroatoms. The predicted molar refractivity (Wildman–Crippen MR) is 161 cm³/mol. The van der Waals surface area contributed by atoms with Gasteiger partial charge in [0.1, 0.15) is 6.04 Å². The number of hydrogen-bond donors (Lipinski definition) is 1. The Morgan fingerprint density at radius 3 is 2.20 bits per heavy atom. The van der Waals surface area contributed by atoms with Crippen molar-refractivity contribution in [3.8, 4) is 11.5 Å². The van der Waals surface area contributed by atoms with Crippen molar-refractivity contribution in [2.24, 2.45) is 5.92 Å². The number of benzene rings is 3. The largest absolute Gasteiger partial charge is 0.490 e. The zero-order valence-corrected chi connectivity index (χ0v) is 24.6. The lowest BCUT2D eigenvalue weighted by atomic mass is 10.00. The van der Waals surface area contributed by atoms with Gasteiger partial charge in [0.15, 0.2) is 11.5 Å². The van der Waals surface area contributed by atoms with E-state index < -0.39 is 6.04 Å². The molecule has 0 fully saturated rings. The molecule has 0 aromatic heterocycles. The third-order valence-electron chi connectivity index (χ3n) is 6.79. The first kappa shape index (κ1) is 30.7. The summed E-state index contributed by atoms with van der Waals surface area (Å²) in [6, 6.07) is 23.1. The van der Waals surface area contributed by atoms with Gasteiger partial charge < -0.3 is 19.7 Å². The van der Waals surface area contributed by atoms with Crippen molar-refractivity contribution in [2.75, 3.05) is 19.8 Å². The van der Waals surface area contributed by atoms with Gasteiger partial charge in [-0.2, -0.15) is 0 Å². The molecule has 0 saturated carbocycles. The fraction of sp³-hybridized carbons (Fsp3) is 0.412. The highest BCUT2D eigenvalue weighted by molar-refractivity contribution is 5.88. The van der Waals surface area contributed by atoms with Crippen LogP contribution >= 0.6 is 0 Å². The molecule has 0 heterocycles. The van der Waals surface area contributed by atoms with Crippen molar-refractivity contribution in [2.45, 2.75) is 66.5 Å². The zero-order valence-electron chi connectivity index (χ0n) is 24.6. The smallest absolute Gasteiger partial charge is 0.243 e. The molecule has 3 aromatic rings. The lowest BCUT2D eigenvalue weighted by Crippen LogP contribution is -2.51. The maximum Gasteiger partial charge on any atom is 0.243 e. The van der Waals surface area contributed by atoms with E-state index >= 15 is 0 Å². The molecule has 0 aliphatic rings. The lowest BCUT2D eigenvalue weighted by molar-refractivity contribution is -0.141. The lowest BCUT2D eigenvalue weighted by Gasteiger charge is -2.32. The summed E-state index contributed by atoms with van der Waals surface area (Å²) < 4.78 is 11.5. The molecule has 0 bridgehead atoms. The average molecular weight is 545 g/mol. The molecule has 0 saturated heterocycles. The highest BCUT2D eigenvalue weighted by Crippen LogP contribution is 2.29. The van der Waals surface area contributed by atoms with Gasteiger partial charge in [0.2, 0.25) is 11.8 Å². The fourth-order valence-electron chi connectivity index (χ4n) is 4.59. The van der Waals surface area contributed by atoms with Crippen LogP contribution in [0.2, 0.25) is 0 Å². The monoisotopic (exact) mass is 544 g/mol. The van der Waals surface area contributed by atoms with Crippen LogP contribution in [0.25, 0.3) is 0 Å². The second-order valence-electron chi connectivity index (χ2n) is 10.4. The molecule has 0 aliphatic carbocycles. The molecule has 0 unspecified atom stereocenters. The van der Waals surface area contributed by atoms with E-state index in [-0.39, 0.29) is 18.2 Å². The van der Waals surface area contributed by atoms with E-state index in [0.29, 0.717) is 56.6 Å². The first-order chi connectivity index (χ1) is 19.3. The minimum Gasteiger partial charge on any atom is -0.490 e. The average Bonchev–Trinajstić information content (AvgIpc) is 2.95. The Labute approximate surface area is 239 Å². The van der Waals surface area contributed by atoms with E-state index in [4.69, 9.17) is 9.47 Å². The van der Waals surface area contributed by atoms with Gasteiger partial charge in [0.25, 0.3) is 0 Å². The van der Waals surface area contributed by atoms with Crippen molar-refractivity contribution in [3.63, 3.8) is 0 Å². The van der Waals surface area contributed by atoms with Gasteiger partial charge in [-0.1, -0.05) is 74.5 Å². The summed E-state index contributed by atoms with van der Waals surface area (Å²) in [7, 11) is 0. The van der Waals surface area contributed by atoms with E-state index in [9.17, 15) is 9.59 Å². The van der Waals surface area contributed by atoms with Crippen LogP contribution in [-0.4, -0.2) is 42.5 Å².